The van der Waals surface area contributed by atoms with E-state index < -0.39 is 0 Å². The van der Waals surface area contributed by atoms with E-state index in [4.69, 9.17) is 24.9 Å². The molecule has 54 heavy (non-hydrogen) atoms. The molecule has 0 bridgehead atoms. The average Bonchev–Trinajstić information content (AvgIpc) is 3.84. The van der Waals surface area contributed by atoms with E-state index in [1.807, 2.05) is 91.0 Å². The van der Waals surface area contributed by atoms with Gasteiger partial charge in [-0.05, 0) is 48.5 Å². The van der Waals surface area contributed by atoms with Crippen molar-refractivity contribution in [3.05, 3.63) is 188 Å². The van der Waals surface area contributed by atoms with Crippen molar-refractivity contribution in [2.45, 2.75) is 0 Å². The first-order chi connectivity index (χ1) is 26.8. The van der Waals surface area contributed by atoms with Gasteiger partial charge in [0.25, 0.3) is 0 Å². The van der Waals surface area contributed by atoms with Gasteiger partial charge in [0.05, 0.1) is 22.1 Å². The molecule has 10 rings (SSSR count). The smallest absolute Gasteiger partial charge is 0.164 e. The first-order valence-corrected chi connectivity index (χ1v) is 17.9. The second-order valence-electron chi connectivity index (χ2n) is 13.0. The number of imidazole rings is 2. The highest BCUT2D eigenvalue weighted by molar-refractivity contribution is 5.85. The Hall–Kier alpha value is -7.51. The standard InChI is InChI=1S/C47H31N7/c1-4-16-32(17-5-1)43-50-44(35-22-14-24-37(30-35)53-41-28-12-10-26-39(41)48-46(53)33-18-6-2-7-19-33)52-45(51-43)36-23-15-25-38(31-36)54-42-29-13-11-27-40(42)49-47(54)34-20-8-3-9-21-34/h1-31H. The number of nitrogens with zero attached hydrogens (tertiary/aromatic N) is 7. The third kappa shape index (κ3) is 5.61. The van der Waals surface area contributed by atoms with Crippen molar-refractivity contribution in [3.63, 3.8) is 0 Å². The second-order valence-corrected chi connectivity index (χ2v) is 13.0. The molecule has 0 saturated heterocycles. The lowest BCUT2D eigenvalue weighted by Gasteiger charge is -2.13. The molecule has 7 nitrogen and oxygen atoms in total. The van der Waals surface area contributed by atoms with Crippen LogP contribution < -0.4 is 0 Å². The van der Waals surface area contributed by atoms with E-state index in [1.54, 1.807) is 0 Å². The van der Waals surface area contributed by atoms with Crippen molar-refractivity contribution in [2.75, 3.05) is 0 Å². The molecular formula is C47H31N7. The Morgan fingerprint density at radius 3 is 1.07 bits per heavy atom. The van der Waals surface area contributed by atoms with Gasteiger partial charge in [0.2, 0.25) is 0 Å². The van der Waals surface area contributed by atoms with E-state index >= 15 is 0 Å². The Bertz CT molecular complexity index is 2750. The van der Waals surface area contributed by atoms with Gasteiger partial charge in [-0.15, -0.1) is 0 Å². The lowest BCUT2D eigenvalue weighted by molar-refractivity contribution is 1.06. The quantitative estimate of drug-likeness (QED) is 0.166. The van der Waals surface area contributed by atoms with Crippen LogP contribution in [0.3, 0.4) is 0 Å². The summed E-state index contributed by atoms with van der Waals surface area (Å²) in [5, 5.41) is 0. The highest BCUT2D eigenvalue weighted by atomic mass is 15.1. The summed E-state index contributed by atoms with van der Waals surface area (Å²) in [6.07, 6.45) is 0. The zero-order chi connectivity index (χ0) is 35.8. The largest absolute Gasteiger partial charge is 0.292 e. The van der Waals surface area contributed by atoms with Gasteiger partial charge < -0.3 is 0 Å². The van der Waals surface area contributed by atoms with Crippen LogP contribution in [0.15, 0.2) is 188 Å². The van der Waals surface area contributed by atoms with E-state index in [2.05, 4.69) is 106 Å². The summed E-state index contributed by atoms with van der Waals surface area (Å²) in [5.74, 6) is 3.50. The van der Waals surface area contributed by atoms with Crippen molar-refractivity contribution in [1.29, 1.82) is 0 Å². The van der Waals surface area contributed by atoms with Gasteiger partial charge in [0.1, 0.15) is 11.6 Å². The summed E-state index contributed by atoms with van der Waals surface area (Å²) in [6.45, 7) is 0. The first kappa shape index (κ1) is 31.2. The summed E-state index contributed by atoms with van der Waals surface area (Å²) in [7, 11) is 0. The molecule has 0 aliphatic rings. The van der Waals surface area contributed by atoms with Crippen LogP contribution in [-0.4, -0.2) is 34.1 Å². The van der Waals surface area contributed by atoms with Gasteiger partial charge in [-0.2, -0.15) is 0 Å². The van der Waals surface area contributed by atoms with Crippen LogP contribution in [0.5, 0.6) is 0 Å². The number of aromatic nitrogens is 7. The second kappa shape index (κ2) is 13.2. The maximum absolute atomic E-state index is 5.16. The molecule has 3 aromatic heterocycles. The van der Waals surface area contributed by atoms with E-state index in [1.165, 1.54) is 0 Å². The summed E-state index contributed by atoms with van der Waals surface area (Å²) in [6, 6.07) is 63.8. The minimum Gasteiger partial charge on any atom is -0.292 e. The fraction of sp³-hybridized carbons (Fsp3) is 0. The SMILES string of the molecule is c1ccc(-c2nc(-c3cccc(-n4c(-c5ccccc5)nc5ccccc54)c3)nc(-c3cccc(-n4c(-c5ccccc5)nc5ccccc54)c3)n2)cc1. The van der Waals surface area contributed by atoms with E-state index in [0.717, 1.165) is 72.9 Å². The molecule has 0 aliphatic carbocycles. The Labute approximate surface area is 311 Å². The summed E-state index contributed by atoms with van der Waals surface area (Å²) >= 11 is 0. The summed E-state index contributed by atoms with van der Waals surface area (Å²) in [4.78, 5) is 25.4. The fourth-order valence-electron chi connectivity index (χ4n) is 7.06. The number of fused-ring (bicyclic) bond motifs is 2. The number of rotatable bonds is 7. The lowest BCUT2D eigenvalue weighted by Crippen LogP contribution is -2.02. The van der Waals surface area contributed by atoms with Crippen LogP contribution in [0.2, 0.25) is 0 Å². The molecule has 0 N–H and O–H groups in total. The monoisotopic (exact) mass is 693 g/mol. The number of benzene rings is 7. The molecule has 7 aromatic carbocycles. The topological polar surface area (TPSA) is 74.3 Å². The third-order valence-electron chi connectivity index (χ3n) is 9.58. The maximum atomic E-state index is 5.16. The molecule has 254 valence electrons. The fourth-order valence-corrected chi connectivity index (χ4v) is 7.06. The van der Waals surface area contributed by atoms with Crippen LogP contribution in [0, 0.1) is 0 Å². The highest BCUT2D eigenvalue weighted by Gasteiger charge is 2.19. The maximum Gasteiger partial charge on any atom is 0.164 e. The molecule has 7 heteroatoms. The Morgan fingerprint density at radius 2 is 0.630 bits per heavy atom. The predicted molar refractivity (Wildman–Crippen MR) is 216 cm³/mol. The van der Waals surface area contributed by atoms with Gasteiger partial charge in [0.15, 0.2) is 17.5 Å². The summed E-state index contributed by atoms with van der Waals surface area (Å²) < 4.78 is 4.41. The first-order valence-electron chi connectivity index (χ1n) is 17.9. The normalized spacial score (nSPS) is 11.3. The zero-order valence-electron chi connectivity index (χ0n) is 29.0. The van der Waals surface area contributed by atoms with Crippen molar-refractivity contribution < 1.29 is 0 Å². The van der Waals surface area contributed by atoms with Gasteiger partial charge in [-0.1, -0.05) is 140 Å². The molecule has 0 saturated carbocycles. The minimum absolute atomic E-state index is 0.579. The summed E-state index contributed by atoms with van der Waals surface area (Å²) in [5.41, 5.74) is 10.5. The van der Waals surface area contributed by atoms with Gasteiger partial charge in [-0.25, -0.2) is 24.9 Å². The minimum atomic E-state index is 0.579. The van der Waals surface area contributed by atoms with Crippen LogP contribution >= 0.6 is 0 Å². The van der Waals surface area contributed by atoms with Crippen molar-refractivity contribution >= 4 is 22.1 Å². The van der Waals surface area contributed by atoms with Gasteiger partial charge in [-0.3, -0.25) is 9.13 Å². The van der Waals surface area contributed by atoms with E-state index in [-0.39, 0.29) is 0 Å². The zero-order valence-corrected chi connectivity index (χ0v) is 29.0. The molecule has 3 heterocycles. The molecule has 0 radical (unpaired) electrons. The van der Waals surface area contributed by atoms with Crippen molar-refractivity contribution in [1.82, 2.24) is 34.1 Å². The van der Waals surface area contributed by atoms with E-state index in [0.29, 0.717) is 17.5 Å². The molecular weight excluding hydrogens is 663 g/mol. The molecule has 0 unspecified atom stereocenters. The molecule has 0 aliphatic heterocycles. The number of para-hydroxylation sites is 4. The van der Waals surface area contributed by atoms with Crippen LogP contribution in [0.1, 0.15) is 0 Å². The Balaban J connectivity index is 1.14. The molecule has 0 spiro atoms. The highest BCUT2D eigenvalue weighted by Crippen LogP contribution is 2.33. The van der Waals surface area contributed by atoms with Crippen LogP contribution in [0.25, 0.3) is 90.4 Å². The van der Waals surface area contributed by atoms with Crippen LogP contribution in [0.4, 0.5) is 0 Å². The molecule has 0 atom stereocenters. The number of hydrogen-bond acceptors (Lipinski definition) is 5. The molecule has 0 amide bonds. The predicted octanol–water partition coefficient (Wildman–Crippen LogP) is 10.9. The lowest BCUT2D eigenvalue weighted by atomic mass is 10.1. The molecule has 0 fully saturated rings. The third-order valence-corrected chi connectivity index (χ3v) is 9.58. The Kier molecular flexibility index (Phi) is 7.66. The van der Waals surface area contributed by atoms with Crippen molar-refractivity contribution in [3.8, 4) is 68.3 Å². The van der Waals surface area contributed by atoms with Gasteiger partial charge in [0, 0.05) is 39.2 Å². The van der Waals surface area contributed by atoms with Gasteiger partial charge >= 0.3 is 0 Å². The number of hydrogen-bond donors (Lipinski definition) is 0. The van der Waals surface area contributed by atoms with E-state index in [9.17, 15) is 0 Å². The van der Waals surface area contributed by atoms with Crippen molar-refractivity contribution in [2.24, 2.45) is 0 Å². The Morgan fingerprint density at radius 1 is 0.278 bits per heavy atom. The average molecular weight is 694 g/mol. The van der Waals surface area contributed by atoms with Crippen LogP contribution in [-0.2, 0) is 0 Å². The molecule has 10 aromatic rings.